The summed E-state index contributed by atoms with van der Waals surface area (Å²) in [6.45, 7) is 0.170. The molecule has 0 bridgehead atoms. The zero-order valence-electron chi connectivity index (χ0n) is 22.1. The fraction of sp³-hybridized carbons (Fsp3) is 0.310. The molecule has 1 aliphatic heterocycles. The molecular weight excluding hydrogens is 554 g/mol. The Balaban J connectivity index is 1.23. The van der Waals surface area contributed by atoms with E-state index >= 15 is 0 Å². The Bertz CT molecular complexity index is 1780. The number of aromatic nitrogens is 3. The van der Waals surface area contributed by atoms with E-state index in [4.69, 9.17) is 19.4 Å². The van der Waals surface area contributed by atoms with Crippen LogP contribution < -0.4 is 10.1 Å². The molecule has 212 valence electrons. The summed E-state index contributed by atoms with van der Waals surface area (Å²) < 4.78 is 64.3. The summed E-state index contributed by atoms with van der Waals surface area (Å²) >= 11 is 0. The van der Waals surface area contributed by atoms with Gasteiger partial charge < -0.3 is 14.8 Å². The highest BCUT2D eigenvalue weighted by molar-refractivity contribution is 7.92. The van der Waals surface area contributed by atoms with Crippen LogP contribution in [0.1, 0.15) is 52.5 Å². The Morgan fingerprint density at radius 2 is 1.88 bits per heavy atom. The van der Waals surface area contributed by atoms with Crippen LogP contribution in [0.2, 0.25) is 0 Å². The fourth-order valence-corrected chi connectivity index (χ4v) is 6.19. The first kappa shape index (κ1) is 27.2. The van der Waals surface area contributed by atoms with Gasteiger partial charge in [-0.1, -0.05) is 6.07 Å². The third-order valence-electron chi connectivity index (χ3n) is 7.11. The first-order chi connectivity index (χ1) is 19.7. The first-order valence-corrected chi connectivity index (χ1v) is 14.7. The number of ether oxygens (including phenoxy) is 2. The minimum absolute atomic E-state index is 0.0375. The number of rotatable bonds is 7. The number of nitrogens with one attached hydrogen (secondary N) is 1. The van der Waals surface area contributed by atoms with Crippen molar-refractivity contribution in [1.82, 2.24) is 20.3 Å². The maximum Gasteiger partial charge on any atom is 0.251 e. The summed E-state index contributed by atoms with van der Waals surface area (Å²) in [4.78, 5) is 26.2. The molecule has 0 unspecified atom stereocenters. The Hall–Kier alpha value is -4.03. The van der Waals surface area contributed by atoms with Gasteiger partial charge in [0.25, 0.3) is 5.91 Å². The maximum absolute atomic E-state index is 14.7. The van der Waals surface area contributed by atoms with E-state index in [-0.39, 0.29) is 18.7 Å². The number of nitrogens with zero attached hydrogens (tertiary/aromatic N) is 3. The molecule has 1 amide bonds. The Morgan fingerprint density at radius 3 is 2.66 bits per heavy atom. The van der Waals surface area contributed by atoms with Crippen LogP contribution in [0.3, 0.4) is 0 Å². The number of hydrogen-bond acceptors (Lipinski definition) is 8. The quantitative estimate of drug-likeness (QED) is 0.336. The highest BCUT2D eigenvalue weighted by Gasteiger charge is 2.35. The predicted molar refractivity (Wildman–Crippen MR) is 145 cm³/mol. The number of benzene rings is 1. The number of alkyl halides is 1. The van der Waals surface area contributed by atoms with E-state index in [2.05, 4.69) is 10.3 Å². The zero-order valence-corrected chi connectivity index (χ0v) is 22.9. The van der Waals surface area contributed by atoms with E-state index in [1.165, 1.54) is 0 Å². The van der Waals surface area contributed by atoms with Crippen LogP contribution in [0, 0.1) is 5.82 Å². The number of amides is 1. The van der Waals surface area contributed by atoms with E-state index in [0.29, 0.717) is 29.4 Å². The van der Waals surface area contributed by atoms with Gasteiger partial charge in [-0.05, 0) is 54.8 Å². The number of sulfone groups is 1. The summed E-state index contributed by atoms with van der Waals surface area (Å²) in [6.07, 6.45) is 3.41. The summed E-state index contributed by atoms with van der Waals surface area (Å²) in [5.41, 5.74) is 2.15. The number of methoxy groups -OCH3 is 1. The monoisotopic (exact) mass is 580 g/mol. The number of pyridine rings is 3. The van der Waals surface area contributed by atoms with Crippen molar-refractivity contribution in [2.24, 2.45) is 0 Å². The minimum atomic E-state index is -4.51. The van der Waals surface area contributed by atoms with Crippen LogP contribution in [-0.4, -0.2) is 48.5 Å². The van der Waals surface area contributed by atoms with Crippen molar-refractivity contribution in [2.45, 2.75) is 48.7 Å². The lowest BCUT2D eigenvalue weighted by Crippen LogP contribution is -2.24. The van der Waals surface area contributed by atoms with Crippen LogP contribution >= 0.6 is 0 Å². The normalized spacial score (nSPS) is 17.9. The number of fused-ring (bicyclic) bond motifs is 2. The van der Waals surface area contributed by atoms with Gasteiger partial charge in [-0.3, -0.25) is 14.8 Å². The van der Waals surface area contributed by atoms with Crippen LogP contribution in [0.5, 0.6) is 5.75 Å². The second-order valence-electron chi connectivity index (χ2n) is 10.1. The summed E-state index contributed by atoms with van der Waals surface area (Å²) in [5.74, 6) is -1.94. The lowest BCUT2D eigenvalue weighted by Gasteiger charge is -2.12. The zero-order chi connectivity index (χ0) is 28.7. The van der Waals surface area contributed by atoms with Crippen molar-refractivity contribution in [2.75, 3.05) is 13.7 Å². The average molecular weight is 581 g/mol. The first-order valence-electron chi connectivity index (χ1n) is 13.1. The topological polar surface area (TPSA) is 120 Å². The third-order valence-corrected chi connectivity index (χ3v) is 8.93. The molecule has 12 heteroatoms. The molecule has 9 nitrogen and oxygen atoms in total. The van der Waals surface area contributed by atoms with Gasteiger partial charge in [0.05, 0.1) is 42.4 Å². The molecule has 1 N–H and O–H groups in total. The molecule has 0 radical (unpaired) electrons. The summed E-state index contributed by atoms with van der Waals surface area (Å²) in [7, 11) is -2.84. The van der Waals surface area contributed by atoms with E-state index in [9.17, 15) is 22.0 Å². The van der Waals surface area contributed by atoms with Crippen LogP contribution in [0.4, 0.5) is 8.78 Å². The highest BCUT2D eigenvalue weighted by Crippen LogP contribution is 2.41. The van der Waals surface area contributed by atoms with Crippen LogP contribution in [0.25, 0.3) is 22.3 Å². The lowest BCUT2D eigenvalue weighted by molar-refractivity contribution is 0.0949. The van der Waals surface area contributed by atoms with Crippen molar-refractivity contribution in [3.8, 4) is 17.1 Å². The SMILES string of the molecule is COCc1ccc(-c2ccc3cnc(CNC(=O)c4cc(F)c5c(c4)S(=O)(=O)[C@@H](F)CCO5)cc3n2)nc1C1CC1. The summed E-state index contributed by atoms with van der Waals surface area (Å²) in [5, 5.41) is 3.40. The lowest BCUT2D eigenvalue weighted by atomic mass is 10.1. The van der Waals surface area contributed by atoms with Gasteiger partial charge in [0.15, 0.2) is 11.6 Å². The van der Waals surface area contributed by atoms with E-state index in [1.54, 1.807) is 19.4 Å². The molecule has 3 aromatic heterocycles. The van der Waals surface area contributed by atoms with Gasteiger partial charge in [-0.15, -0.1) is 0 Å². The largest absolute Gasteiger partial charge is 0.489 e. The fourth-order valence-electron chi connectivity index (χ4n) is 4.80. The van der Waals surface area contributed by atoms with E-state index in [1.807, 2.05) is 24.3 Å². The minimum Gasteiger partial charge on any atom is -0.489 e. The predicted octanol–water partition coefficient (Wildman–Crippen LogP) is 4.64. The molecular formula is C29H26F2N4O5S. The highest BCUT2D eigenvalue weighted by atomic mass is 32.2. The number of carbonyl (C=O) groups excluding carboxylic acids is 1. The molecule has 1 fully saturated rings. The molecule has 1 aliphatic carbocycles. The standard InChI is InChI=1S/C29H26F2N4O5S/c1-39-15-18-5-7-23(35-27(18)16-2-3-16)22-6-4-17-13-32-20(12-24(17)34-22)14-33-29(36)19-10-21(30)28-25(11-19)41(37,38)26(31)8-9-40-28/h4-7,10-13,16,26H,2-3,8-9,14-15H2,1H3,(H,33,36)/t26-/m1/s1. The van der Waals surface area contributed by atoms with E-state index in [0.717, 1.165) is 47.3 Å². The second kappa shape index (κ2) is 10.7. The Morgan fingerprint density at radius 1 is 1.10 bits per heavy atom. The molecule has 6 rings (SSSR count). The van der Waals surface area contributed by atoms with Crippen LogP contribution in [-0.2, 0) is 27.7 Å². The molecule has 0 spiro atoms. The van der Waals surface area contributed by atoms with Gasteiger partial charge >= 0.3 is 0 Å². The molecule has 41 heavy (non-hydrogen) atoms. The molecule has 2 aliphatic rings. The Kier molecular flexibility index (Phi) is 7.12. The van der Waals surface area contributed by atoms with Gasteiger partial charge in [-0.2, -0.15) is 0 Å². The number of hydrogen-bond donors (Lipinski definition) is 1. The van der Waals surface area contributed by atoms with E-state index < -0.39 is 44.1 Å². The van der Waals surface area contributed by atoms with Crippen molar-refractivity contribution in [3.63, 3.8) is 0 Å². The van der Waals surface area contributed by atoms with Crippen molar-refractivity contribution >= 4 is 26.6 Å². The average Bonchev–Trinajstić information content (AvgIpc) is 3.82. The molecule has 1 aromatic carbocycles. The van der Waals surface area contributed by atoms with Crippen molar-refractivity contribution < 1.29 is 31.5 Å². The molecule has 4 heterocycles. The van der Waals surface area contributed by atoms with Crippen molar-refractivity contribution in [1.29, 1.82) is 0 Å². The maximum atomic E-state index is 14.7. The Labute approximate surface area is 234 Å². The third kappa shape index (κ3) is 5.36. The number of carbonyl (C=O) groups is 1. The summed E-state index contributed by atoms with van der Waals surface area (Å²) in [6, 6.07) is 11.3. The van der Waals surface area contributed by atoms with Gasteiger partial charge in [0.1, 0.15) is 4.90 Å². The smallest absolute Gasteiger partial charge is 0.251 e. The molecule has 0 saturated heterocycles. The molecule has 1 saturated carbocycles. The second-order valence-corrected chi connectivity index (χ2v) is 12.1. The van der Waals surface area contributed by atoms with Gasteiger partial charge in [0, 0.05) is 42.3 Å². The van der Waals surface area contributed by atoms with Crippen LogP contribution in [0.15, 0.2) is 53.6 Å². The van der Waals surface area contributed by atoms with Gasteiger partial charge in [-0.25, -0.2) is 22.2 Å². The molecule has 1 atom stereocenters. The number of halogens is 2. The van der Waals surface area contributed by atoms with Gasteiger partial charge in [0.2, 0.25) is 15.3 Å². The molecule has 4 aromatic rings. The van der Waals surface area contributed by atoms with Crippen molar-refractivity contribution in [3.05, 3.63) is 77.0 Å².